The van der Waals surface area contributed by atoms with Crippen molar-refractivity contribution >= 4 is 22.8 Å². The Kier molecular flexibility index (Phi) is 4.66. The number of furan rings is 1. The SMILES string of the molecule is CN(Cc1nc2ccccc2[nH]1)C(=O)[C@H]1CCCN(C(=O)c2ccco2)C1. The molecule has 1 N–H and O–H groups in total. The van der Waals surface area contributed by atoms with Gasteiger partial charge < -0.3 is 19.2 Å². The number of hydrogen-bond donors (Lipinski definition) is 1. The van der Waals surface area contributed by atoms with Gasteiger partial charge in [-0.2, -0.15) is 0 Å². The molecule has 27 heavy (non-hydrogen) atoms. The highest BCUT2D eigenvalue weighted by Gasteiger charge is 2.31. The van der Waals surface area contributed by atoms with E-state index >= 15 is 0 Å². The topological polar surface area (TPSA) is 82.4 Å². The molecule has 0 saturated carbocycles. The lowest BCUT2D eigenvalue weighted by Crippen LogP contribution is -2.45. The van der Waals surface area contributed by atoms with Crippen molar-refractivity contribution in [3.8, 4) is 0 Å². The minimum absolute atomic E-state index is 0.0346. The maximum absolute atomic E-state index is 12.9. The first kappa shape index (κ1) is 17.3. The van der Waals surface area contributed by atoms with Crippen LogP contribution in [0.5, 0.6) is 0 Å². The van der Waals surface area contributed by atoms with Crippen molar-refractivity contribution in [3.05, 3.63) is 54.2 Å². The average Bonchev–Trinajstić information content (AvgIpc) is 3.36. The molecule has 1 fully saturated rings. The Hall–Kier alpha value is -3.09. The van der Waals surface area contributed by atoms with Crippen molar-refractivity contribution in [2.45, 2.75) is 19.4 Å². The molecule has 2 amide bonds. The molecule has 2 aromatic heterocycles. The number of imidazole rings is 1. The second-order valence-corrected chi connectivity index (χ2v) is 6.96. The van der Waals surface area contributed by atoms with E-state index in [0.29, 0.717) is 25.4 Å². The van der Waals surface area contributed by atoms with Gasteiger partial charge in [-0.15, -0.1) is 0 Å². The van der Waals surface area contributed by atoms with Crippen LogP contribution in [0.3, 0.4) is 0 Å². The summed E-state index contributed by atoms with van der Waals surface area (Å²) in [7, 11) is 1.78. The first-order valence-corrected chi connectivity index (χ1v) is 9.13. The van der Waals surface area contributed by atoms with Crippen molar-refractivity contribution in [1.82, 2.24) is 19.8 Å². The number of fused-ring (bicyclic) bond motifs is 1. The molecule has 0 radical (unpaired) electrons. The highest BCUT2D eigenvalue weighted by atomic mass is 16.3. The summed E-state index contributed by atoms with van der Waals surface area (Å²) in [6, 6.07) is 11.1. The Labute approximate surface area is 157 Å². The van der Waals surface area contributed by atoms with E-state index in [1.807, 2.05) is 24.3 Å². The molecule has 7 heteroatoms. The van der Waals surface area contributed by atoms with Crippen LogP contribution in [0, 0.1) is 5.92 Å². The maximum atomic E-state index is 12.9. The number of para-hydroxylation sites is 2. The van der Waals surface area contributed by atoms with Gasteiger partial charge >= 0.3 is 0 Å². The number of nitrogens with zero attached hydrogens (tertiary/aromatic N) is 3. The molecular weight excluding hydrogens is 344 g/mol. The fourth-order valence-electron chi connectivity index (χ4n) is 3.61. The minimum Gasteiger partial charge on any atom is -0.459 e. The van der Waals surface area contributed by atoms with E-state index in [1.54, 1.807) is 29.0 Å². The standard InChI is InChI=1S/C20H22N4O3/c1-23(13-18-21-15-7-2-3-8-16(15)22-18)19(25)14-6-4-10-24(12-14)20(26)17-9-5-11-27-17/h2-3,5,7-9,11,14H,4,6,10,12-13H2,1H3,(H,21,22)/t14-/m0/s1. The van der Waals surface area contributed by atoms with Gasteiger partial charge in [-0.05, 0) is 37.1 Å². The number of H-pyrrole nitrogens is 1. The molecule has 0 spiro atoms. The summed E-state index contributed by atoms with van der Waals surface area (Å²) in [6.07, 6.45) is 3.08. The van der Waals surface area contributed by atoms with Crippen LogP contribution in [-0.4, -0.2) is 51.7 Å². The van der Waals surface area contributed by atoms with E-state index in [1.165, 1.54) is 6.26 Å². The van der Waals surface area contributed by atoms with E-state index in [4.69, 9.17) is 4.42 Å². The van der Waals surface area contributed by atoms with Crippen LogP contribution in [0.1, 0.15) is 29.2 Å². The number of likely N-dealkylation sites (tertiary alicyclic amines) is 1. The molecule has 4 rings (SSSR count). The van der Waals surface area contributed by atoms with E-state index < -0.39 is 0 Å². The first-order valence-electron chi connectivity index (χ1n) is 9.13. The molecule has 140 valence electrons. The Bertz CT molecular complexity index is 914. The zero-order valence-electron chi connectivity index (χ0n) is 15.2. The van der Waals surface area contributed by atoms with Crippen LogP contribution in [0.4, 0.5) is 0 Å². The van der Waals surface area contributed by atoms with Gasteiger partial charge in [-0.3, -0.25) is 9.59 Å². The number of aromatic nitrogens is 2. The summed E-state index contributed by atoms with van der Waals surface area (Å²) < 4.78 is 5.20. The molecule has 3 heterocycles. The Balaban J connectivity index is 1.41. The van der Waals surface area contributed by atoms with Crippen LogP contribution in [0.25, 0.3) is 11.0 Å². The van der Waals surface area contributed by atoms with E-state index in [2.05, 4.69) is 9.97 Å². The third-order valence-corrected chi connectivity index (χ3v) is 4.99. The van der Waals surface area contributed by atoms with Gasteiger partial charge in [0.05, 0.1) is 29.8 Å². The van der Waals surface area contributed by atoms with E-state index in [0.717, 1.165) is 29.7 Å². The summed E-state index contributed by atoms with van der Waals surface area (Å²) in [4.78, 5) is 36.5. The molecule has 1 atom stereocenters. The van der Waals surface area contributed by atoms with E-state index in [9.17, 15) is 9.59 Å². The Morgan fingerprint density at radius 2 is 2.15 bits per heavy atom. The molecular formula is C20H22N4O3. The van der Waals surface area contributed by atoms with Gasteiger partial charge in [0, 0.05) is 20.1 Å². The molecule has 0 unspecified atom stereocenters. The number of carbonyl (C=O) groups excluding carboxylic acids is 2. The summed E-state index contributed by atoms with van der Waals surface area (Å²) >= 11 is 0. The first-order chi connectivity index (χ1) is 13.1. The number of piperidine rings is 1. The van der Waals surface area contributed by atoms with Crippen LogP contribution < -0.4 is 0 Å². The normalized spacial score (nSPS) is 17.2. The van der Waals surface area contributed by atoms with Crippen molar-refractivity contribution in [2.75, 3.05) is 20.1 Å². The molecule has 1 saturated heterocycles. The van der Waals surface area contributed by atoms with Crippen molar-refractivity contribution in [2.24, 2.45) is 5.92 Å². The highest BCUT2D eigenvalue weighted by molar-refractivity contribution is 5.92. The third kappa shape index (κ3) is 3.58. The van der Waals surface area contributed by atoms with Crippen LogP contribution >= 0.6 is 0 Å². The smallest absolute Gasteiger partial charge is 0.289 e. The molecule has 0 bridgehead atoms. The predicted octanol–water partition coefficient (Wildman–Crippen LogP) is 2.67. The lowest BCUT2D eigenvalue weighted by atomic mass is 9.96. The number of aromatic amines is 1. The Morgan fingerprint density at radius 3 is 2.93 bits per heavy atom. The third-order valence-electron chi connectivity index (χ3n) is 4.99. The highest BCUT2D eigenvalue weighted by Crippen LogP contribution is 2.21. The molecule has 1 aliphatic heterocycles. The second kappa shape index (κ2) is 7.26. The van der Waals surface area contributed by atoms with Gasteiger partial charge in [0.1, 0.15) is 5.82 Å². The fraction of sp³-hybridized carbons (Fsp3) is 0.350. The molecule has 1 aliphatic rings. The number of nitrogens with one attached hydrogen (secondary N) is 1. The van der Waals surface area contributed by atoms with Crippen LogP contribution in [-0.2, 0) is 11.3 Å². The lowest BCUT2D eigenvalue weighted by Gasteiger charge is -2.33. The predicted molar refractivity (Wildman–Crippen MR) is 99.9 cm³/mol. The maximum Gasteiger partial charge on any atom is 0.289 e. The number of amides is 2. The van der Waals surface area contributed by atoms with Crippen LogP contribution in [0.15, 0.2) is 47.1 Å². The van der Waals surface area contributed by atoms with Gasteiger partial charge in [0.25, 0.3) is 5.91 Å². The largest absolute Gasteiger partial charge is 0.459 e. The number of hydrogen-bond acceptors (Lipinski definition) is 4. The summed E-state index contributed by atoms with van der Waals surface area (Å²) in [5.41, 5.74) is 1.85. The fourth-order valence-corrected chi connectivity index (χ4v) is 3.61. The molecule has 7 nitrogen and oxygen atoms in total. The number of carbonyl (C=O) groups is 2. The average molecular weight is 366 g/mol. The van der Waals surface area contributed by atoms with Gasteiger partial charge in [-0.1, -0.05) is 12.1 Å². The molecule has 0 aliphatic carbocycles. The van der Waals surface area contributed by atoms with Gasteiger partial charge in [0.2, 0.25) is 5.91 Å². The van der Waals surface area contributed by atoms with Crippen molar-refractivity contribution < 1.29 is 14.0 Å². The van der Waals surface area contributed by atoms with Gasteiger partial charge in [-0.25, -0.2) is 4.98 Å². The zero-order chi connectivity index (χ0) is 18.8. The van der Waals surface area contributed by atoms with E-state index in [-0.39, 0.29) is 17.7 Å². The number of rotatable bonds is 4. The summed E-state index contributed by atoms with van der Waals surface area (Å²) in [5.74, 6) is 0.752. The van der Waals surface area contributed by atoms with Crippen molar-refractivity contribution in [3.63, 3.8) is 0 Å². The van der Waals surface area contributed by atoms with Crippen LogP contribution in [0.2, 0.25) is 0 Å². The zero-order valence-corrected chi connectivity index (χ0v) is 15.2. The quantitative estimate of drug-likeness (QED) is 0.770. The minimum atomic E-state index is -0.202. The summed E-state index contributed by atoms with van der Waals surface area (Å²) in [6.45, 7) is 1.48. The van der Waals surface area contributed by atoms with Gasteiger partial charge in [0.15, 0.2) is 5.76 Å². The lowest BCUT2D eigenvalue weighted by molar-refractivity contribution is -0.136. The molecule has 3 aromatic rings. The monoisotopic (exact) mass is 366 g/mol. The molecule has 1 aromatic carbocycles. The summed E-state index contributed by atoms with van der Waals surface area (Å²) in [5, 5.41) is 0. The number of benzene rings is 1. The Morgan fingerprint density at radius 1 is 1.30 bits per heavy atom. The second-order valence-electron chi connectivity index (χ2n) is 6.96. The van der Waals surface area contributed by atoms with Crippen molar-refractivity contribution in [1.29, 1.82) is 0 Å².